The fraction of sp³-hybridized carbons (Fsp3) is 0.562. The Morgan fingerprint density at radius 3 is 2.56 bits per heavy atom. The Balaban J connectivity index is 2.48. The van der Waals surface area contributed by atoms with E-state index in [0.717, 1.165) is 17.4 Å². The normalized spacial score (nSPS) is 28.7. The monoisotopic (exact) mass is 244 g/mol. The SMILES string of the molecule is C/C=C\C(=C(/C)c1cn(C)c(C)n1)C1(C)CC1C. The summed E-state index contributed by atoms with van der Waals surface area (Å²) < 4.78 is 2.09. The second-order valence-electron chi connectivity index (χ2n) is 5.85. The van der Waals surface area contributed by atoms with Gasteiger partial charge in [0.05, 0.1) is 5.69 Å². The first kappa shape index (κ1) is 13.1. The van der Waals surface area contributed by atoms with E-state index in [2.05, 4.69) is 62.6 Å². The summed E-state index contributed by atoms with van der Waals surface area (Å²) >= 11 is 0. The zero-order valence-electron chi connectivity index (χ0n) is 12.4. The van der Waals surface area contributed by atoms with Crippen LogP contribution in [0.1, 0.15) is 45.6 Å². The Kier molecular flexibility index (Phi) is 3.22. The fourth-order valence-corrected chi connectivity index (χ4v) is 2.74. The summed E-state index contributed by atoms with van der Waals surface area (Å²) in [5.74, 6) is 1.85. The molecule has 0 spiro atoms. The predicted octanol–water partition coefficient (Wildman–Crippen LogP) is 4.12. The Morgan fingerprint density at radius 2 is 2.17 bits per heavy atom. The maximum absolute atomic E-state index is 4.65. The van der Waals surface area contributed by atoms with Gasteiger partial charge in [0, 0.05) is 13.2 Å². The van der Waals surface area contributed by atoms with Gasteiger partial charge in [-0.25, -0.2) is 4.98 Å². The number of hydrogen-bond donors (Lipinski definition) is 0. The Morgan fingerprint density at radius 1 is 1.56 bits per heavy atom. The summed E-state index contributed by atoms with van der Waals surface area (Å²) in [4.78, 5) is 4.65. The van der Waals surface area contributed by atoms with Crippen molar-refractivity contribution in [3.8, 4) is 0 Å². The van der Waals surface area contributed by atoms with Gasteiger partial charge in [0.15, 0.2) is 0 Å². The van der Waals surface area contributed by atoms with Crippen LogP contribution in [0.4, 0.5) is 0 Å². The molecule has 2 rings (SSSR count). The van der Waals surface area contributed by atoms with E-state index in [-0.39, 0.29) is 0 Å². The molecule has 1 heterocycles. The van der Waals surface area contributed by atoms with Gasteiger partial charge in [-0.2, -0.15) is 0 Å². The first-order valence-electron chi connectivity index (χ1n) is 6.74. The number of allylic oxidation sites excluding steroid dienone is 4. The van der Waals surface area contributed by atoms with Gasteiger partial charge in [-0.3, -0.25) is 0 Å². The van der Waals surface area contributed by atoms with Gasteiger partial charge in [-0.1, -0.05) is 26.0 Å². The highest BCUT2D eigenvalue weighted by atomic mass is 15.0. The van der Waals surface area contributed by atoms with E-state index in [0.29, 0.717) is 5.41 Å². The van der Waals surface area contributed by atoms with Crippen LogP contribution in [0.2, 0.25) is 0 Å². The molecule has 1 aromatic rings. The first-order chi connectivity index (χ1) is 8.40. The zero-order chi connectivity index (χ0) is 13.5. The summed E-state index contributed by atoms with van der Waals surface area (Å²) in [5, 5.41) is 0. The Hall–Kier alpha value is -1.31. The molecule has 2 heteroatoms. The van der Waals surface area contributed by atoms with E-state index in [1.165, 1.54) is 17.6 Å². The Labute approximate surface area is 110 Å². The number of aryl methyl sites for hydroxylation is 2. The lowest BCUT2D eigenvalue weighted by Gasteiger charge is -2.15. The number of aromatic nitrogens is 2. The highest BCUT2D eigenvalue weighted by Gasteiger charge is 2.49. The zero-order valence-corrected chi connectivity index (χ0v) is 12.4. The van der Waals surface area contributed by atoms with Crippen LogP contribution in [0.5, 0.6) is 0 Å². The van der Waals surface area contributed by atoms with Gasteiger partial charge in [0.2, 0.25) is 0 Å². The Bertz CT molecular complexity index is 500. The second kappa shape index (κ2) is 4.42. The molecular weight excluding hydrogens is 220 g/mol. The molecule has 18 heavy (non-hydrogen) atoms. The van der Waals surface area contributed by atoms with Crippen molar-refractivity contribution in [1.82, 2.24) is 9.55 Å². The topological polar surface area (TPSA) is 17.8 Å². The van der Waals surface area contributed by atoms with Crippen molar-refractivity contribution in [1.29, 1.82) is 0 Å². The molecule has 1 aliphatic carbocycles. The quantitative estimate of drug-likeness (QED) is 0.731. The molecule has 0 saturated heterocycles. The molecule has 0 aromatic carbocycles. The van der Waals surface area contributed by atoms with Crippen LogP contribution in [0, 0.1) is 18.3 Å². The molecule has 1 saturated carbocycles. The van der Waals surface area contributed by atoms with Crippen molar-refractivity contribution in [3.05, 3.63) is 35.4 Å². The lowest BCUT2D eigenvalue weighted by molar-refractivity contribution is 0.635. The van der Waals surface area contributed by atoms with Gasteiger partial charge in [0.1, 0.15) is 5.82 Å². The van der Waals surface area contributed by atoms with Crippen molar-refractivity contribution in [3.63, 3.8) is 0 Å². The average Bonchev–Trinajstić information content (AvgIpc) is 2.77. The summed E-state index contributed by atoms with van der Waals surface area (Å²) in [6.07, 6.45) is 7.83. The highest BCUT2D eigenvalue weighted by molar-refractivity contribution is 5.69. The molecule has 1 fully saturated rings. The number of imidazole rings is 1. The van der Waals surface area contributed by atoms with Gasteiger partial charge in [0.25, 0.3) is 0 Å². The second-order valence-corrected chi connectivity index (χ2v) is 5.85. The lowest BCUT2D eigenvalue weighted by atomic mass is 9.90. The summed E-state index contributed by atoms with van der Waals surface area (Å²) in [6.45, 7) is 11.0. The molecule has 0 amide bonds. The van der Waals surface area contributed by atoms with Crippen LogP contribution in [0.15, 0.2) is 23.9 Å². The molecule has 1 aromatic heterocycles. The van der Waals surface area contributed by atoms with Crippen LogP contribution in [-0.2, 0) is 7.05 Å². The molecule has 1 aliphatic rings. The molecule has 0 N–H and O–H groups in total. The van der Waals surface area contributed by atoms with Gasteiger partial charge in [-0.15, -0.1) is 0 Å². The standard InChI is InChI=1S/C16H24N2/c1-7-8-14(16(5)9-11(16)2)12(3)15-10-18(6)13(4)17-15/h7-8,10-11H,9H2,1-6H3/b8-7-,14-12-. The largest absolute Gasteiger partial charge is 0.338 e. The van der Waals surface area contributed by atoms with Crippen molar-refractivity contribution < 1.29 is 0 Å². The van der Waals surface area contributed by atoms with E-state index in [4.69, 9.17) is 0 Å². The highest BCUT2D eigenvalue weighted by Crippen LogP contribution is 2.58. The molecule has 98 valence electrons. The average molecular weight is 244 g/mol. The third-order valence-corrected chi connectivity index (χ3v) is 4.50. The molecule has 0 bridgehead atoms. The van der Waals surface area contributed by atoms with E-state index in [1.54, 1.807) is 0 Å². The lowest BCUT2D eigenvalue weighted by Crippen LogP contribution is -2.02. The van der Waals surface area contributed by atoms with Crippen molar-refractivity contribution >= 4 is 5.57 Å². The van der Waals surface area contributed by atoms with E-state index in [9.17, 15) is 0 Å². The van der Waals surface area contributed by atoms with Crippen LogP contribution < -0.4 is 0 Å². The molecular formula is C16H24N2. The van der Waals surface area contributed by atoms with E-state index < -0.39 is 0 Å². The van der Waals surface area contributed by atoms with Crippen molar-refractivity contribution in [2.45, 2.75) is 41.0 Å². The molecule has 0 radical (unpaired) electrons. The van der Waals surface area contributed by atoms with Gasteiger partial charge < -0.3 is 4.57 Å². The number of hydrogen-bond acceptors (Lipinski definition) is 1. The van der Waals surface area contributed by atoms with Crippen molar-refractivity contribution in [2.24, 2.45) is 18.4 Å². The van der Waals surface area contributed by atoms with Crippen LogP contribution in [0.3, 0.4) is 0 Å². The fourth-order valence-electron chi connectivity index (χ4n) is 2.74. The number of nitrogens with zero attached hydrogens (tertiary/aromatic N) is 2. The van der Waals surface area contributed by atoms with Gasteiger partial charge in [-0.05, 0) is 49.7 Å². The van der Waals surface area contributed by atoms with Crippen LogP contribution in [0.25, 0.3) is 5.57 Å². The van der Waals surface area contributed by atoms with Gasteiger partial charge >= 0.3 is 0 Å². The first-order valence-corrected chi connectivity index (χ1v) is 6.74. The molecule has 2 nitrogen and oxygen atoms in total. The number of rotatable bonds is 3. The maximum Gasteiger partial charge on any atom is 0.105 e. The molecule has 0 aliphatic heterocycles. The smallest absolute Gasteiger partial charge is 0.105 e. The van der Waals surface area contributed by atoms with Crippen LogP contribution in [-0.4, -0.2) is 9.55 Å². The third-order valence-electron chi connectivity index (χ3n) is 4.50. The molecule has 2 atom stereocenters. The minimum absolute atomic E-state index is 0.349. The summed E-state index contributed by atoms with van der Waals surface area (Å²) in [5.41, 5.74) is 4.24. The summed E-state index contributed by atoms with van der Waals surface area (Å²) in [7, 11) is 2.05. The van der Waals surface area contributed by atoms with E-state index >= 15 is 0 Å². The van der Waals surface area contributed by atoms with Crippen LogP contribution >= 0.6 is 0 Å². The predicted molar refractivity (Wildman–Crippen MR) is 77.2 cm³/mol. The molecule has 2 unspecified atom stereocenters. The third kappa shape index (κ3) is 2.05. The van der Waals surface area contributed by atoms with Crippen molar-refractivity contribution in [2.75, 3.05) is 0 Å². The maximum atomic E-state index is 4.65. The van der Waals surface area contributed by atoms with E-state index in [1.807, 2.05) is 6.92 Å². The minimum Gasteiger partial charge on any atom is -0.338 e. The summed E-state index contributed by atoms with van der Waals surface area (Å²) in [6, 6.07) is 0. The minimum atomic E-state index is 0.349.